The number of benzene rings is 1. The second kappa shape index (κ2) is 7.78. The van der Waals surface area contributed by atoms with Crippen molar-refractivity contribution in [3.63, 3.8) is 0 Å². The second-order valence-corrected chi connectivity index (χ2v) is 5.59. The minimum absolute atomic E-state index is 0.375. The highest BCUT2D eigenvalue weighted by atomic mass is 15.3. The van der Waals surface area contributed by atoms with E-state index in [1.807, 2.05) is 18.3 Å². The van der Waals surface area contributed by atoms with Crippen LogP contribution in [0.3, 0.4) is 0 Å². The van der Waals surface area contributed by atoms with Crippen LogP contribution in [-0.2, 0) is 6.54 Å². The molecule has 0 radical (unpaired) electrons. The molecule has 2 aromatic rings. The Bertz CT molecular complexity index is 564. The Hall–Kier alpha value is -2.10. The molecule has 4 nitrogen and oxygen atoms in total. The Labute approximate surface area is 133 Å². The van der Waals surface area contributed by atoms with Crippen LogP contribution >= 0.6 is 0 Å². The van der Waals surface area contributed by atoms with Crippen molar-refractivity contribution in [2.75, 3.05) is 22.9 Å². The quantitative estimate of drug-likeness (QED) is 0.779. The molecule has 0 bridgehead atoms. The minimum Gasteiger partial charge on any atom is -0.350 e. The first-order valence-corrected chi connectivity index (χ1v) is 8.04. The van der Waals surface area contributed by atoms with E-state index in [2.05, 4.69) is 66.7 Å². The third-order valence-corrected chi connectivity index (χ3v) is 3.79. The predicted molar refractivity (Wildman–Crippen MR) is 93.4 cm³/mol. The highest BCUT2D eigenvalue weighted by Gasteiger charge is 2.15. The van der Waals surface area contributed by atoms with E-state index < -0.39 is 0 Å². The van der Waals surface area contributed by atoms with Gasteiger partial charge in [-0.1, -0.05) is 30.3 Å². The molecule has 0 unspecified atom stereocenters. The molecular formula is C18H26N4. The SMILES string of the molecule is CCN(CC)c1nccc(N(Cc2ccccc2)C(C)C)n1. The summed E-state index contributed by atoms with van der Waals surface area (Å²) in [6.07, 6.45) is 1.86. The third kappa shape index (κ3) is 3.97. The molecule has 1 aromatic heterocycles. The van der Waals surface area contributed by atoms with Gasteiger partial charge >= 0.3 is 0 Å². The van der Waals surface area contributed by atoms with Gasteiger partial charge in [0.2, 0.25) is 5.95 Å². The summed E-state index contributed by atoms with van der Waals surface area (Å²) in [6, 6.07) is 12.9. The molecule has 22 heavy (non-hydrogen) atoms. The summed E-state index contributed by atoms with van der Waals surface area (Å²) in [6.45, 7) is 11.3. The van der Waals surface area contributed by atoms with Crippen LogP contribution in [0.5, 0.6) is 0 Å². The molecule has 2 rings (SSSR count). The normalized spacial score (nSPS) is 10.8. The lowest BCUT2D eigenvalue weighted by atomic mass is 10.2. The Morgan fingerprint density at radius 3 is 2.27 bits per heavy atom. The van der Waals surface area contributed by atoms with Gasteiger partial charge in [0.05, 0.1) is 0 Å². The van der Waals surface area contributed by atoms with E-state index in [-0.39, 0.29) is 0 Å². The van der Waals surface area contributed by atoms with E-state index in [4.69, 9.17) is 4.98 Å². The molecule has 0 fully saturated rings. The van der Waals surface area contributed by atoms with Gasteiger partial charge < -0.3 is 9.80 Å². The number of nitrogens with zero attached hydrogens (tertiary/aromatic N) is 4. The molecule has 0 amide bonds. The molecule has 0 saturated heterocycles. The van der Waals surface area contributed by atoms with Crippen molar-refractivity contribution in [1.29, 1.82) is 0 Å². The van der Waals surface area contributed by atoms with E-state index in [1.165, 1.54) is 5.56 Å². The zero-order valence-corrected chi connectivity index (χ0v) is 14.0. The zero-order chi connectivity index (χ0) is 15.9. The number of anilines is 2. The Morgan fingerprint density at radius 1 is 1.00 bits per heavy atom. The highest BCUT2D eigenvalue weighted by molar-refractivity contribution is 5.45. The number of aromatic nitrogens is 2. The van der Waals surface area contributed by atoms with E-state index in [1.54, 1.807) is 0 Å². The lowest BCUT2D eigenvalue weighted by molar-refractivity contribution is 0.669. The van der Waals surface area contributed by atoms with Crippen molar-refractivity contribution in [2.45, 2.75) is 40.3 Å². The molecule has 0 saturated carbocycles. The van der Waals surface area contributed by atoms with E-state index in [9.17, 15) is 0 Å². The summed E-state index contributed by atoms with van der Waals surface area (Å²) < 4.78 is 0. The summed E-state index contributed by atoms with van der Waals surface area (Å²) in [7, 11) is 0. The molecule has 0 spiro atoms. The van der Waals surface area contributed by atoms with Crippen molar-refractivity contribution >= 4 is 11.8 Å². The van der Waals surface area contributed by atoms with Crippen molar-refractivity contribution in [3.8, 4) is 0 Å². The zero-order valence-electron chi connectivity index (χ0n) is 14.0. The van der Waals surface area contributed by atoms with Gasteiger partial charge in [0.25, 0.3) is 0 Å². The average molecular weight is 298 g/mol. The van der Waals surface area contributed by atoms with Gasteiger partial charge in [-0.2, -0.15) is 4.98 Å². The highest BCUT2D eigenvalue weighted by Crippen LogP contribution is 2.20. The summed E-state index contributed by atoms with van der Waals surface area (Å²) in [4.78, 5) is 13.7. The summed E-state index contributed by atoms with van der Waals surface area (Å²) in [5.74, 6) is 1.79. The lowest BCUT2D eigenvalue weighted by Crippen LogP contribution is -2.32. The van der Waals surface area contributed by atoms with Gasteiger partial charge in [-0.3, -0.25) is 0 Å². The molecule has 0 atom stereocenters. The lowest BCUT2D eigenvalue weighted by Gasteiger charge is -2.29. The first-order valence-electron chi connectivity index (χ1n) is 8.04. The van der Waals surface area contributed by atoms with Crippen LogP contribution in [0.15, 0.2) is 42.6 Å². The van der Waals surface area contributed by atoms with Crippen LogP contribution in [0.25, 0.3) is 0 Å². The van der Waals surface area contributed by atoms with Crippen LogP contribution in [0.1, 0.15) is 33.3 Å². The summed E-state index contributed by atoms with van der Waals surface area (Å²) >= 11 is 0. The van der Waals surface area contributed by atoms with Crippen LogP contribution in [-0.4, -0.2) is 29.1 Å². The van der Waals surface area contributed by atoms with E-state index in [0.717, 1.165) is 31.4 Å². The first-order chi connectivity index (χ1) is 10.7. The molecule has 1 heterocycles. The van der Waals surface area contributed by atoms with Crippen LogP contribution in [0.2, 0.25) is 0 Å². The van der Waals surface area contributed by atoms with Crippen molar-refractivity contribution in [2.24, 2.45) is 0 Å². The monoisotopic (exact) mass is 298 g/mol. The van der Waals surface area contributed by atoms with Gasteiger partial charge in [0, 0.05) is 31.9 Å². The molecule has 118 valence electrons. The fourth-order valence-electron chi connectivity index (χ4n) is 2.47. The Balaban J connectivity index is 2.27. The maximum Gasteiger partial charge on any atom is 0.227 e. The number of hydrogen-bond acceptors (Lipinski definition) is 4. The molecule has 0 aliphatic heterocycles. The molecule has 1 aromatic carbocycles. The van der Waals surface area contributed by atoms with Crippen LogP contribution < -0.4 is 9.80 Å². The largest absolute Gasteiger partial charge is 0.350 e. The van der Waals surface area contributed by atoms with E-state index in [0.29, 0.717) is 6.04 Å². The first kappa shape index (κ1) is 16.3. The molecule has 0 N–H and O–H groups in total. The van der Waals surface area contributed by atoms with Gasteiger partial charge in [-0.25, -0.2) is 4.98 Å². The van der Waals surface area contributed by atoms with Gasteiger partial charge in [0.15, 0.2) is 0 Å². The Kier molecular flexibility index (Phi) is 5.75. The van der Waals surface area contributed by atoms with Crippen molar-refractivity contribution < 1.29 is 0 Å². The smallest absolute Gasteiger partial charge is 0.227 e. The number of rotatable bonds is 7. The minimum atomic E-state index is 0.375. The predicted octanol–water partition coefficient (Wildman–Crippen LogP) is 3.74. The standard InChI is InChI=1S/C18H26N4/c1-5-21(6-2)18-19-13-12-17(20-18)22(15(3)4)14-16-10-8-7-9-11-16/h7-13,15H,5-6,14H2,1-4H3. The maximum atomic E-state index is 4.77. The fraction of sp³-hybridized carbons (Fsp3) is 0.444. The van der Waals surface area contributed by atoms with Crippen molar-refractivity contribution in [1.82, 2.24) is 9.97 Å². The number of hydrogen-bond donors (Lipinski definition) is 0. The molecule has 4 heteroatoms. The molecule has 0 aliphatic carbocycles. The van der Waals surface area contributed by atoms with Gasteiger partial charge in [0.1, 0.15) is 5.82 Å². The Morgan fingerprint density at radius 2 is 1.68 bits per heavy atom. The topological polar surface area (TPSA) is 32.3 Å². The van der Waals surface area contributed by atoms with Gasteiger partial charge in [-0.15, -0.1) is 0 Å². The molecular weight excluding hydrogens is 272 g/mol. The average Bonchev–Trinajstić information content (AvgIpc) is 2.55. The third-order valence-electron chi connectivity index (χ3n) is 3.79. The van der Waals surface area contributed by atoms with E-state index >= 15 is 0 Å². The van der Waals surface area contributed by atoms with Crippen LogP contribution in [0, 0.1) is 0 Å². The molecule has 0 aliphatic rings. The summed E-state index contributed by atoms with van der Waals surface area (Å²) in [5.41, 5.74) is 1.29. The fourth-order valence-corrected chi connectivity index (χ4v) is 2.47. The second-order valence-electron chi connectivity index (χ2n) is 5.59. The maximum absolute atomic E-state index is 4.77. The van der Waals surface area contributed by atoms with Crippen LogP contribution in [0.4, 0.5) is 11.8 Å². The van der Waals surface area contributed by atoms with Gasteiger partial charge in [-0.05, 0) is 39.3 Å². The summed E-state index contributed by atoms with van der Waals surface area (Å²) in [5, 5.41) is 0. The van der Waals surface area contributed by atoms with Crippen molar-refractivity contribution in [3.05, 3.63) is 48.2 Å².